The second-order valence-corrected chi connectivity index (χ2v) is 12.4. The van der Waals surface area contributed by atoms with E-state index in [2.05, 4.69) is 5.32 Å². The number of hydrogen-bond acceptors (Lipinski definition) is 4. The summed E-state index contributed by atoms with van der Waals surface area (Å²) in [4.78, 5) is 28.4. The van der Waals surface area contributed by atoms with Crippen molar-refractivity contribution < 1.29 is 26.8 Å². The summed E-state index contributed by atoms with van der Waals surface area (Å²) in [6, 6.07) is 17.7. The summed E-state index contributed by atoms with van der Waals surface area (Å²) in [6.07, 6.45) is 3.45. The van der Waals surface area contributed by atoms with E-state index in [1.54, 1.807) is 36.4 Å². The van der Waals surface area contributed by atoms with Crippen molar-refractivity contribution in [2.45, 2.75) is 49.5 Å². The molecule has 2 atom stereocenters. The van der Waals surface area contributed by atoms with Crippen LogP contribution in [-0.2, 0) is 26.2 Å². The van der Waals surface area contributed by atoms with Crippen molar-refractivity contribution in [3.63, 3.8) is 0 Å². The van der Waals surface area contributed by atoms with E-state index < -0.39 is 27.6 Å². The third kappa shape index (κ3) is 6.49. The zero-order valence-electron chi connectivity index (χ0n) is 22.6. The summed E-state index contributed by atoms with van der Waals surface area (Å²) in [5, 5.41) is 8.33. The highest BCUT2D eigenvalue weighted by molar-refractivity contribution is 7.89. The van der Waals surface area contributed by atoms with E-state index >= 15 is 0 Å². The van der Waals surface area contributed by atoms with Crippen LogP contribution in [0.1, 0.15) is 49.1 Å². The van der Waals surface area contributed by atoms with Crippen LogP contribution >= 0.6 is 0 Å². The van der Waals surface area contributed by atoms with Crippen LogP contribution in [0.3, 0.4) is 0 Å². The largest absolute Gasteiger partial charge is 0.352 e. The Morgan fingerprint density at radius 3 is 2.24 bits per heavy atom. The van der Waals surface area contributed by atoms with Gasteiger partial charge in [-0.2, -0.15) is 0 Å². The molecule has 2 fully saturated rings. The molecule has 3 N–H and O–H groups in total. The summed E-state index contributed by atoms with van der Waals surface area (Å²) in [5.41, 5.74) is 2.79. The van der Waals surface area contributed by atoms with E-state index in [4.69, 9.17) is 5.14 Å². The number of rotatable bonds is 7. The lowest BCUT2D eigenvalue weighted by atomic mass is 9.87. The molecule has 0 unspecified atom stereocenters. The number of halogens is 2. The van der Waals surface area contributed by atoms with Gasteiger partial charge in [0.2, 0.25) is 21.8 Å². The van der Waals surface area contributed by atoms with Crippen LogP contribution in [0.15, 0.2) is 71.6 Å². The topological polar surface area (TPSA) is 110 Å². The number of primary sulfonamides is 1. The Balaban J connectivity index is 1.16. The summed E-state index contributed by atoms with van der Waals surface area (Å²) in [7, 11) is -3.88. The fourth-order valence-electron chi connectivity index (χ4n) is 6.08. The van der Waals surface area contributed by atoms with Crippen LogP contribution in [0.2, 0.25) is 0 Å². The first kappa shape index (κ1) is 28.9. The van der Waals surface area contributed by atoms with Gasteiger partial charge in [-0.1, -0.05) is 55.0 Å². The molecule has 3 aromatic rings. The van der Waals surface area contributed by atoms with Crippen LogP contribution in [0.4, 0.5) is 8.78 Å². The lowest BCUT2D eigenvalue weighted by Gasteiger charge is -2.34. The molecule has 2 amide bonds. The normalized spacial score (nSPS) is 19.7. The Labute approximate surface area is 238 Å². The number of nitrogens with one attached hydrogen (secondary N) is 1. The van der Waals surface area contributed by atoms with Crippen molar-refractivity contribution in [3.05, 3.63) is 89.5 Å². The molecule has 5 rings (SSSR count). The third-order valence-corrected chi connectivity index (χ3v) is 9.29. The number of amides is 2. The molecule has 10 heteroatoms. The number of hydrogen-bond donors (Lipinski definition) is 2. The molecular weight excluding hydrogens is 548 g/mol. The van der Waals surface area contributed by atoms with Crippen molar-refractivity contribution in [2.24, 2.45) is 17.0 Å². The Bertz CT molecular complexity index is 1540. The first-order chi connectivity index (χ1) is 19.6. The molecule has 0 radical (unpaired) electrons. The third-order valence-electron chi connectivity index (χ3n) is 8.32. The smallest absolute Gasteiger partial charge is 0.238 e. The summed E-state index contributed by atoms with van der Waals surface area (Å²) in [5.74, 6) is -2.58. The highest BCUT2D eigenvalue weighted by Gasteiger charge is 2.40. The maximum atomic E-state index is 13.7. The Morgan fingerprint density at radius 1 is 0.878 bits per heavy atom. The molecule has 2 aliphatic rings. The second-order valence-electron chi connectivity index (χ2n) is 10.9. The van der Waals surface area contributed by atoms with Gasteiger partial charge in [-0.05, 0) is 66.5 Å². The monoisotopic (exact) mass is 581 g/mol. The zero-order chi connectivity index (χ0) is 29.1. The van der Waals surface area contributed by atoms with Gasteiger partial charge in [-0.25, -0.2) is 22.3 Å². The number of piperidine rings is 1. The van der Waals surface area contributed by atoms with Crippen LogP contribution < -0.4 is 10.5 Å². The first-order valence-electron chi connectivity index (χ1n) is 13.8. The van der Waals surface area contributed by atoms with Crippen molar-refractivity contribution in [1.29, 1.82) is 0 Å². The zero-order valence-corrected chi connectivity index (χ0v) is 23.4. The average molecular weight is 582 g/mol. The van der Waals surface area contributed by atoms with Crippen LogP contribution in [-0.4, -0.2) is 38.2 Å². The molecule has 7 nitrogen and oxygen atoms in total. The Hall–Kier alpha value is -3.63. The fourth-order valence-corrected chi connectivity index (χ4v) is 6.84. The first-order valence-corrected chi connectivity index (χ1v) is 15.4. The van der Waals surface area contributed by atoms with Gasteiger partial charge in [0, 0.05) is 37.0 Å². The predicted octanol–water partition coefficient (Wildman–Crippen LogP) is 4.72. The minimum absolute atomic E-state index is 0.00994. The fraction of sp³-hybridized carbons (Fsp3) is 0.355. The van der Waals surface area contributed by atoms with Crippen molar-refractivity contribution in [1.82, 2.24) is 10.2 Å². The number of sulfonamides is 1. The number of carbonyl (C=O) groups excluding carboxylic acids is 2. The van der Waals surface area contributed by atoms with Gasteiger partial charge in [0.05, 0.1) is 4.90 Å². The molecule has 1 saturated heterocycles. The number of benzene rings is 3. The van der Waals surface area contributed by atoms with Gasteiger partial charge in [0.25, 0.3) is 0 Å². The molecule has 3 aromatic carbocycles. The van der Waals surface area contributed by atoms with Gasteiger partial charge in [0.1, 0.15) is 0 Å². The summed E-state index contributed by atoms with van der Waals surface area (Å²) in [6.45, 7) is 1.33. The molecule has 1 aliphatic carbocycles. The van der Waals surface area contributed by atoms with Crippen molar-refractivity contribution in [3.8, 4) is 11.1 Å². The Kier molecular flexibility index (Phi) is 8.51. The molecule has 0 spiro atoms. The molecule has 216 valence electrons. The molecule has 41 heavy (non-hydrogen) atoms. The molecule has 1 heterocycles. The van der Waals surface area contributed by atoms with Gasteiger partial charge >= 0.3 is 0 Å². The number of carbonyl (C=O) groups is 2. The second kappa shape index (κ2) is 12.1. The molecule has 1 saturated carbocycles. The summed E-state index contributed by atoms with van der Waals surface area (Å²) < 4.78 is 50.9. The standard InChI is InChI=1S/C31H33F2N3O4S/c32-27-13-12-23(18-28(27)33)21-14-16-36(17-15-21)31(38)26-6-3-5-25(26)30(37)35-19-20-8-10-22(11-9-20)24-4-1-2-7-29(24)41(34,39)40/h1-2,4,7-13,18,21,25-26H,3,5-6,14-17,19H2,(H,35,37)(H2,34,39,40)/t25-,26-/m1/s1. The summed E-state index contributed by atoms with van der Waals surface area (Å²) >= 11 is 0. The van der Waals surface area contributed by atoms with E-state index in [9.17, 15) is 26.8 Å². The Morgan fingerprint density at radius 2 is 1.56 bits per heavy atom. The number of likely N-dealkylation sites (tertiary alicyclic amines) is 1. The van der Waals surface area contributed by atoms with Gasteiger partial charge in [-0.15, -0.1) is 0 Å². The molecular formula is C31H33F2N3O4S. The minimum atomic E-state index is -3.88. The van der Waals surface area contributed by atoms with E-state index in [0.717, 1.165) is 23.6 Å². The molecule has 0 aromatic heterocycles. The van der Waals surface area contributed by atoms with E-state index in [-0.39, 0.29) is 35.1 Å². The quantitative estimate of drug-likeness (QED) is 0.421. The van der Waals surface area contributed by atoms with E-state index in [1.807, 2.05) is 17.0 Å². The van der Waals surface area contributed by atoms with Crippen molar-refractivity contribution >= 4 is 21.8 Å². The van der Waals surface area contributed by atoms with Crippen LogP contribution in [0, 0.1) is 23.5 Å². The average Bonchev–Trinajstić information content (AvgIpc) is 3.47. The maximum Gasteiger partial charge on any atom is 0.238 e. The van der Waals surface area contributed by atoms with Gasteiger partial charge < -0.3 is 10.2 Å². The highest BCUT2D eigenvalue weighted by atomic mass is 32.2. The number of nitrogens with two attached hydrogens (primary N) is 1. The van der Waals surface area contributed by atoms with Gasteiger partial charge in [-0.3, -0.25) is 9.59 Å². The van der Waals surface area contributed by atoms with Crippen molar-refractivity contribution in [2.75, 3.05) is 13.1 Å². The van der Waals surface area contributed by atoms with Gasteiger partial charge in [0.15, 0.2) is 11.6 Å². The maximum absolute atomic E-state index is 13.7. The SMILES string of the molecule is NS(=O)(=O)c1ccccc1-c1ccc(CNC(=O)[C@@H]2CCC[C@H]2C(=O)N2CCC(c3ccc(F)c(F)c3)CC2)cc1. The van der Waals surface area contributed by atoms with E-state index in [1.165, 1.54) is 12.1 Å². The molecule has 0 bridgehead atoms. The lowest BCUT2D eigenvalue weighted by molar-refractivity contribution is -0.141. The predicted molar refractivity (Wildman–Crippen MR) is 151 cm³/mol. The number of nitrogens with zero attached hydrogens (tertiary/aromatic N) is 1. The highest BCUT2D eigenvalue weighted by Crippen LogP contribution is 2.36. The van der Waals surface area contributed by atoms with E-state index in [0.29, 0.717) is 49.9 Å². The van der Waals surface area contributed by atoms with Crippen LogP contribution in [0.5, 0.6) is 0 Å². The minimum Gasteiger partial charge on any atom is -0.352 e. The van der Waals surface area contributed by atoms with Crippen LogP contribution in [0.25, 0.3) is 11.1 Å². The lowest BCUT2D eigenvalue weighted by Crippen LogP contribution is -2.44. The molecule has 1 aliphatic heterocycles.